The van der Waals surface area contributed by atoms with Gasteiger partial charge in [0.2, 0.25) is 0 Å². The topological polar surface area (TPSA) is 12.0 Å². The fourth-order valence-electron chi connectivity index (χ4n) is 1.24. The minimum atomic E-state index is 0.731. The van der Waals surface area contributed by atoms with Gasteiger partial charge in [-0.25, -0.2) is 0 Å². The highest BCUT2D eigenvalue weighted by atomic mass is 14.9. The van der Waals surface area contributed by atoms with Gasteiger partial charge in [0.1, 0.15) is 7.28 Å². The van der Waals surface area contributed by atoms with Gasteiger partial charge in [0, 0.05) is 6.04 Å². The predicted octanol–water partition coefficient (Wildman–Crippen LogP) is 1.52. The Kier molecular flexibility index (Phi) is 5.80. The van der Waals surface area contributed by atoms with E-state index >= 15 is 0 Å². The standard InChI is InChI=1S/C8H20BN/c1-5-10-8(6-9-4)7(2)3/h7-10H,5-6H2,1-4H3. The van der Waals surface area contributed by atoms with Gasteiger partial charge in [-0.1, -0.05) is 33.9 Å². The van der Waals surface area contributed by atoms with Crippen molar-refractivity contribution in [2.24, 2.45) is 5.92 Å². The normalized spacial score (nSPS) is 13.7. The molecule has 0 aliphatic carbocycles. The third kappa shape index (κ3) is 3.94. The van der Waals surface area contributed by atoms with E-state index in [0.29, 0.717) is 0 Å². The van der Waals surface area contributed by atoms with Gasteiger partial charge < -0.3 is 5.32 Å². The molecule has 1 atom stereocenters. The second kappa shape index (κ2) is 5.78. The molecule has 1 unspecified atom stereocenters. The number of nitrogens with one attached hydrogen (secondary N) is 1. The first kappa shape index (κ1) is 10.0. The van der Waals surface area contributed by atoms with Crippen LogP contribution in [-0.4, -0.2) is 19.9 Å². The summed E-state index contributed by atoms with van der Waals surface area (Å²) in [5, 5.41) is 3.48. The van der Waals surface area contributed by atoms with Crippen LogP contribution in [0.4, 0.5) is 0 Å². The van der Waals surface area contributed by atoms with Crippen LogP contribution in [0.1, 0.15) is 20.8 Å². The zero-order chi connectivity index (χ0) is 7.98. The summed E-state index contributed by atoms with van der Waals surface area (Å²) in [6.45, 7) is 10.1. The zero-order valence-corrected chi connectivity index (χ0v) is 7.78. The van der Waals surface area contributed by atoms with Gasteiger partial charge in [-0.15, -0.1) is 0 Å². The van der Waals surface area contributed by atoms with Crippen molar-refractivity contribution in [2.45, 2.75) is 40.0 Å². The Labute approximate surface area is 65.8 Å². The average molecular weight is 141 g/mol. The van der Waals surface area contributed by atoms with Gasteiger partial charge in [0.15, 0.2) is 0 Å². The van der Waals surface area contributed by atoms with E-state index in [1.165, 1.54) is 13.6 Å². The molecular formula is C8H20BN. The van der Waals surface area contributed by atoms with Gasteiger partial charge in [-0.3, -0.25) is 0 Å². The molecule has 0 aromatic rings. The second-order valence-electron chi connectivity index (χ2n) is 3.20. The van der Waals surface area contributed by atoms with Crippen LogP contribution in [-0.2, 0) is 0 Å². The minimum Gasteiger partial charge on any atom is -0.315 e. The highest BCUT2D eigenvalue weighted by Gasteiger charge is 2.09. The molecular weight excluding hydrogens is 121 g/mol. The Morgan fingerprint density at radius 3 is 2.30 bits per heavy atom. The van der Waals surface area contributed by atoms with Crippen molar-refractivity contribution in [1.82, 2.24) is 5.32 Å². The zero-order valence-electron chi connectivity index (χ0n) is 7.78. The maximum Gasteiger partial charge on any atom is 0.119 e. The lowest BCUT2D eigenvalue weighted by atomic mass is 9.72. The Morgan fingerprint density at radius 1 is 1.40 bits per heavy atom. The van der Waals surface area contributed by atoms with E-state index in [1.54, 1.807) is 0 Å². The lowest BCUT2D eigenvalue weighted by Gasteiger charge is -2.20. The van der Waals surface area contributed by atoms with E-state index in [9.17, 15) is 0 Å². The maximum absolute atomic E-state index is 3.48. The molecule has 0 aromatic carbocycles. The monoisotopic (exact) mass is 141 g/mol. The van der Waals surface area contributed by atoms with E-state index in [-0.39, 0.29) is 0 Å². The van der Waals surface area contributed by atoms with Crippen LogP contribution in [0.2, 0.25) is 13.1 Å². The first-order valence-electron chi connectivity index (χ1n) is 4.45. The van der Waals surface area contributed by atoms with E-state index in [0.717, 1.165) is 18.5 Å². The first-order chi connectivity index (χ1) is 4.72. The molecule has 0 rings (SSSR count). The summed E-state index contributed by atoms with van der Waals surface area (Å²) in [5.74, 6) is 0.778. The van der Waals surface area contributed by atoms with Crippen molar-refractivity contribution in [3.05, 3.63) is 0 Å². The summed E-state index contributed by atoms with van der Waals surface area (Å²) in [6, 6.07) is 0.731. The molecule has 0 aliphatic heterocycles. The molecule has 0 radical (unpaired) electrons. The van der Waals surface area contributed by atoms with Crippen LogP contribution in [0.15, 0.2) is 0 Å². The van der Waals surface area contributed by atoms with E-state index < -0.39 is 0 Å². The number of rotatable bonds is 5. The molecule has 1 nitrogen and oxygen atoms in total. The van der Waals surface area contributed by atoms with Crippen LogP contribution in [0.3, 0.4) is 0 Å². The van der Waals surface area contributed by atoms with E-state index in [4.69, 9.17) is 0 Å². The summed E-state index contributed by atoms with van der Waals surface area (Å²) in [6.07, 6.45) is 1.31. The Balaban J connectivity index is 3.50. The molecule has 0 amide bonds. The first-order valence-corrected chi connectivity index (χ1v) is 4.45. The molecule has 0 bridgehead atoms. The highest BCUT2D eigenvalue weighted by molar-refractivity contribution is 6.33. The molecule has 0 fully saturated rings. The van der Waals surface area contributed by atoms with Crippen molar-refractivity contribution in [1.29, 1.82) is 0 Å². The summed E-state index contributed by atoms with van der Waals surface area (Å²) < 4.78 is 0. The maximum atomic E-state index is 3.48. The van der Waals surface area contributed by atoms with Gasteiger partial charge in [-0.05, 0) is 12.5 Å². The molecule has 1 N–H and O–H groups in total. The van der Waals surface area contributed by atoms with E-state index in [2.05, 4.69) is 32.9 Å². The van der Waals surface area contributed by atoms with Crippen molar-refractivity contribution < 1.29 is 0 Å². The smallest absolute Gasteiger partial charge is 0.119 e. The van der Waals surface area contributed by atoms with Gasteiger partial charge in [0.05, 0.1) is 0 Å². The van der Waals surface area contributed by atoms with Gasteiger partial charge >= 0.3 is 0 Å². The fourth-order valence-corrected chi connectivity index (χ4v) is 1.24. The number of hydrogen-bond donors (Lipinski definition) is 1. The van der Waals surface area contributed by atoms with E-state index in [1.807, 2.05) is 0 Å². The highest BCUT2D eigenvalue weighted by Crippen LogP contribution is 2.05. The fraction of sp³-hybridized carbons (Fsp3) is 1.00. The van der Waals surface area contributed by atoms with Crippen molar-refractivity contribution in [3.8, 4) is 0 Å². The molecule has 0 aromatic heterocycles. The van der Waals surface area contributed by atoms with Crippen molar-refractivity contribution in [3.63, 3.8) is 0 Å². The van der Waals surface area contributed by atoms with Crippen LogP contribution in [0.25, 0.3) is 0 Å². The van der Waals surface area contributed by atoms with Crippen LogP contribution in [0.5, 0.6) is 0 Å². The molecule has 10 heavy (non-hydrogen) atoms. The van der Waals surface area contributed by atoms with Crippen molar-refractivity contribution in [2.75, 3.05) is 6.54 Å². The summed E-state index contributed by atoms with van der Waals surface area (Å²) in [5.41, 5.74) is 0. The average Bonchev–Trinajstić information content (AvgIpc) is 1.87. The summed E-state index contributed by atoms with van der Waals surface area (Å²) >= 11 is 0. The van der Waals surface area contributed by atoms with Gasteiger partial charge in [0.25, 0.3) is 0 Å². The molecule has 2 heteroatoms. The lowest BCUT2D eigenvalue weighted by Crippen LogP contribution is -2.33. The minimum absolute atomic E-state index is 0.731. The molecule has 0 heterocycles. The number of hydrogen-bond acceptors (Lipinski definition) is 1. The van der Waals surface area contributed by atoms with Crippen molar-refractivity contribution >= 4 is 7.28 Å². The third-order valence-corrected chi connectivity index (χ3v) is 1.87. The summed E-state index contributed by atoms with van der Waals surface area (Å²) in [7, 11) is 1.29. The predicted molar refractivity (Wildman–Crippen MR) is 50.1 cm³/mol. The molecule has 0 spiro atoms. The largest absolute Gasteiger partial charge is 0.315 e. The van der Waals surface area contributed by atoms with Crippen LogP contribution < -0.4 is 5.32 Å². The SMILES string of the molecule is CBCC(NCC)C(C)C. The van der Waals surface area contributed by atoms with Crippen LogP contribution >= 0.6 is 0 Å². The molecule has 0 saturated carbocycles. The molecule has 60 valence electrons. The quantitative estimate of drug-likeness (QED) is 0.572. The van der Waals surface area contributed by atoms with Crippen LogP contribution in [0, 0.1) is 5.92 Å². The Bertz CT molecular complexity index is 67.7. The Hall–Kier alpha value is 0.0249. The Morgan fingerprint density at radius 2 is 2.00 bits per heavy atom. The third-order valence-electron chi connectivity index (χ3n) is 1.87. The second-order valence-corrected chi connectivity index (χ2v) is 3.20. The molecule has 0 saturated heterocycles. The lowest BCUT2D eigenvalue weighted by molar-refractivity contribution is 0.436. The summed E-state index contributed by atoms with van der Waals surface area (Å²) in [4.78, 5) is 0. The van der Waals surface area contributed by atoms with Gasteiger partial charge in [-0.2, -0.15) is 0 Å². The molecule has 0 aliphatic rings.